The van der Waals surface area contributed by atoms with E-state index in [1.165, 1.54) is 45.4 Å². The van der Waals surface area contributed by atoms with Crippen LogP contribution in [0.2, 0.25) is 0 Å². The van der Waals surface area contributed by atoms with Crippen molar-refractivity contribution in [3.63, 3.8) is 0 Å². The van der Waals surface area contributed by atoms with Crippen molar-refractivity contribution in [2.75, 3.05) is 26.2 Å². The van der Waals surface area contributed by atoms with Crippen molar-refractivity contribution in [2.45, 2.75) is 141 Å². The summed E-state index contributed by atoms with van der Waals surface area (Å²) in [6, 6.07) is 0.209. The quantitative estimate of drug-likeness (QED) is 0.0490. The van der Waals surface area contributed by atoms with E-state index < -0.39 is 53.7 Å². The van der Waals surface area contributed by atoms with E-state index in [4.69, 9.17) is 10.8 Å². The first-order valence-electron chi connectivity index (χ1n) is 20.5. The summed E-state index contributed by atoms with van der Waals surface area (Å²) < 4.78 is 0. The molecular weight excluding hydrogens is 734 g/mol. The van der Waals surface area contributed by atoms with Crippen LogP contribution in [-0.4, -0.2) is 101 Å². The summed E-state index contributed by atoms with van der Waals surface area (Å²) in [6.45, 7) is 4.63. The molecule has 0 unspecified atom stereocenters. The smallest absolute Gasteiger partial charge is 0.326 e. The van der Waals surface area contributed by atoms with Gasteiger partial charge in [0, 0.05) is 63.9 Å². The number of nitrogens with zero attached hydrogens (tertiary/aromatic N) is 1. The van der Waals surface area contributed by atoms with Gasteiger partial charge in [0.25, 0.3) is 0 Å². The second kappa shape index (κ2) is 27.8. The third-order valence-corrected chi connectivity index (χ3v) is 9.89. The number of unbranched alkanes of at least 4 members (excludes halogenated alkanes) is 8. The average Bonchev–Trinajstić information content (AvgIpc) is 3.58. The van der Waals surface area contributed by atoms with Crippen molar-refractivity contribution >= 4 is 46.9 Å². The van der Waals surface area contributed by atoms with Crippen molar-refractivity contribution in [1.29, 1.82) is 0 Å². The maximum absolute atomic E-state index is 13.5. The van der Waals surface area contributed by atoms with Crippen LogP contribution in [0.3, 0.4) is 0 Å². The molecule has 0 aromatic carbocycles. The van der Waals surface area contributed by atoms with Crippen molar-refractivity contribution in [3.05, 3.63) is 35.7 Å². The lowest BCUT2D eigenvalue weighted by Crippen LogP contribution is -2.53. The zero-order chi connectivity index (χ0) is 42.0. The monoisotopic (exact) mass is 799 g/mol. The Morgan fingerprint density at radius 2 is 1.46 bits per heavy atom. The molecule has 16 heteroatoms. The number of carbonyl (C=O) groups is 7. The lowest BCUT2D eigenvalue weighted by Gasteiger charge is -2.23. The summed E-state index contributed by atoms with van der Waals surface area (Å²) in [4.78, 5) is 90.8. The Morgan fingerprint density at radius 1 is 0.772 bits per heavy atom. The van der Waals surface area contributed by atoms with Gasteiger partial charge >= 0.3 is 11.9 Å². The molecule has 0 saturated carbocycles. The molecule has 1 aliphatic carbocycles. The Kier molecular flexibility index (Phi) is 23.6. The molecule has 9 N–H and O–H groups in total. The lowest BCUT2D eigenvalue weighted by atomic mass is 9.96. The highest BCUT2D eigenvalue weighted by Gasteiger charge is 2.29. The third-order valence-electron chi connectivity index (χ3n) is 9.89. The summed E-state index contributed by atoms with van der Waals surface area (Å²) >= 11 is 0. The first kappa shape index (κ1) is 48.4. The maximum atomic E-state index is 13.5. The topological polar surface area (TPSA) is 259 Å². The molecule has 318 valence electrons. The van der Waals surface area contributed by atoms with E-state index in [0.717, 1.165) is 36.1 Å². The normalized spacial score (nSPS) is 14.0. The van der Waals surface area contributed by atoms with Gasteiger partial charge in [-0.15, -0.1) is 0 Å². The highest BCUT2D eigenvalue weighted by Crippen LogP contribution is 2.29. The van der Waals surface area contributed by atoms with Gasteiger partial charge in [0.05, 0.1) is 11.7 Å². The van der Waals surface area contributed by atoms with Gasteiger partial charge in [-0.1, -0.05) is 70.4 Å². The van der Waals surface area contributed by atoms with Gasteiger partial charge in [-0.2, -0.15) is 0 Å². The fourth-order valence-corrected chi connectivity index (χ4v) is 6.59. The Bertz CT molecular complexity index is 1500. The summed E-state index contributed by atoms with van der Waals surface area (Å²) in [7, 11) is 0. The number of rotatable bonds is 32. The summed E-state index contributed by atoms with van der Waals surface area (Å²) in [5.74, 6) is -5.79. The van der Waals surface area contributed by atoms with Gasteiger partial charge in [0.15, 0.2) is 0 Å². The minimum absolute atomic E-state index is 0.0189. The van der Waals surface area contributed by atoms with E-state index in [9.17, 15) is 38.7 Å². The number of nitrogens with one attached hydrogen (secondary N) is 5. The van der Waals surface area contributed by atoms with Gasteiger partial charge in [0.2, 0.25) is 23.6 Å². The van der Waals surface area contributed by atoms with Gasteiger partial charge in [-0.05, 0) is 56.4 Å². The molecule has 1 aromatic heterocycles. The molecule has 1 aromatic rings. The summed E-state index contributed by atoms with van der Waals surface area (Å²) in [5.41, 5.74) is 8.71. The predicted octanol–water partition coefficient (Wildman–Crippen LogP) is 2.78. The number of carbonyl (C=O) groups excluding carboxylic acids is 5. The molecule has 57 heavy (non-hydrogen) atoms. The van der Waals surface area contributed by atoms with E-state index in [1.807, 2.05) is 12.1 Å². The molecule has 16 nitrogen and oxygen atoms in total. The van der Waals surface area contributed by atoms with Crippen LogP contribution in [0.1, 0.15) is 128 Å². The van der Waals surface area contributed by atoms with E-state index >= 15 is 0 Å². The molecule has 4 amide bonds. The molecule has 0 saturated heterocycles. The molecule has 0 bridgehead atoms. The maximum Gasteiger partial charge on any atom is 0.326 e. The Labute approximate surface area is 336 Å². The van der Waals surface area contributed by atoms with Crippen LogP contribution < -0.4 is 32.3 Å². The minimum atomic E-state index is -1.44. The number of nitrogens with two attached hydrogens (primary N) is 1. The molecular formula is C41H65N7O9. The molecule has 4 atom stereocenters. The number of aliphatic carboxylic acids is 2. The SMILES string of the molecule is CCCCCCCCCCCC(=O)NCCNCC[C@H](N)C(=O)N[C@H](CC1=CCc2ncccc21)C(=O)NCC[C@@H](NC(=O)[C@@H](CCC(=O)O)CC(C)=O)C(=O)O. The van der Waals surface area contributed by atoms with E-state index in [0.29, 0.717) is 32.5 Å². The minimum Gasteiger partial charge on any atom is -0.481 e. The number of hydrogen-bond acceptors (Lipinski definition) is 10. The van der Waals surface area contributed by atoms with Crippen molar-refractivity contribution in [3.8, 4) is 0 Å². The number of aromatic nitrogens is 1. The number of Topliss-reactive ketones (excluding diaryl/α,β-unsaturated/α-hetero) is 1. The Balaban J connectivity index is 1.86. The number of carboxylic acid groups (broad SMARTS) is 2. The fraction of sp³-hybridized carbons (Fsp3) is 0.659. The Hall–Kier alpha value is -4.70. The molecule has 0 fully saturated rings. The van der Waals surface area contributed by atoms with Gasteiger partial charge < -0.3 is 47.3 Å². The fourth-order valence-electron chi connectivity index (χ4n) is 6.59. The lowest BCUT2D eigenvalue weighted by molar-refractivity contribution is -0.143. The van der Waals surface area contributed by atoms with Crippen LogP contribution in [0.15, 0.2) is 24.4 Å². The van der Waals surface area contributed by atoms with E-state index in [-0.39, 0.29) is 56.8 Å². The number of pyridine rings is 1. The summed E-state index contributed by atoms with van der Waals surface area (Å²) in [6.07, 6.45) is 14.8. The zero-order valence-electron chi connectivity index (χ0n) is 33.7. The molecule has 2 rings (SSSR count). The van der Waals surface area contributed by atoms with Crippen LogP contribution in [0.25, 0.3) is 5.57 Å². The standard InChI is InChI=1S/C41H65N7O9/c1-3-4-5-6-7-8-9-10-11-14-36(50)45-25-24-43-22-19-32(42)39(54)48-35(27-29-15-17-33-31(29)13-12-21-44-33)40(55)46-23-20-34(41(56)57)47-38(53)30(26-28(2)49)16-18-37(51)52/h12-13,15,21,30,32,34-35,43H,3-11,14,16-20,22-27,42H2,1-2H3,(H,45,50)(H,46,55)(H,47,53)(H,48,54)(H,51,52)(H,56,57)/t30-,32-,34+,35+/m0/s1. The highest BCUT2D eigenvalue weighted by molar-refractivity contribution is 5.92. The number of carboxylic acids is 2. The number of fused-ring (bicyclic) bond motifs is 1. The van der Waals surface area contributed by atoms with Crippen LogP contribution >= 0.6 is 0 Å². The molecule has 0 radical (unpaired) electrons. The number of allylic oxidation sites excluding steroid dienone is 1. The van der Waals surface area contributed by atoms with Crippen molar-refractivity contribution < 1.29 is 43.8 Å². The number of hydrogen-bond donors (Lipinski definition) is 8. The zero-order valence-corrected chi connectivity index (χ0v) is 33.7. The van der Waals surface area contributed by atoms with Gasteiger partial charge in [0.1, 0.15) is 17.9 Å². The van der Waals surface area contributed by atoms with E-state index in [2.05, 4.69) is 38.5 Å². The summed E-state index contributed by atoms with van der Waals surface area (Å²) in [5, 5.41) is 32.6. The van der Waals surface area contributed by atoms with Crippen LogP contribution in [0.5, 0.6) is 0 Å². The molecule has 0 spiro atoms. The van der Waals surface area contributed by atoms with E-state index in [1.54, 1.807) is 12.3 Å². The van der Waals surface area contributed by atoms with Crippen molar-refractivity contribution in [1.82, 2.24) is 31.6 Å². The molecule has 1 heterocycles. The van der Waals surface area contributed by atoms with Crippen LogP contribution in [0.4, 0.5) is 0 Å². The first-order valence-corrected chi connectivity index (χ1v) is 20.5. The van der Waals surface area contributed by atoms with Crippen LogP contribution in [-0.2, 0) is 40.0 Å². The van der Waals surface area contributed by atoms with Gasteiger partial charge in [-0.25, -0.2) is 4.79 Å². The number of ketones is 1. The third kappa shape index (κ3) is 20.3. The molecule has 0 aliphatic heterocycles. The largest absolute Gasteiger partial charge is 0.481 e. The number of amides is 4. The van der Waals surface area contributed by atoms with Crippen molar-refractivity contribution in [2.24, 2.45) is 11.7 Å². The predicted molar refractivity (Wildman–Crippen MR) is 216 cm³/mol. The second-order valence-electron chi connectivity index (χ2n) is 14.8. The first-order chi connectivity index (χ1) is 27.3. The second-order valence-corrected chi connectivity index (χ2v) is 14.8. The molecule has 1 aliphatic rings. The van der Waals surface area contributed by atoms with Crippen LogP contribution in [0, 0.1) is 5.92 Å². The average molecular weight is 800 g/mol. The Morgan fingerprint density at radius 3 is 2.12 bits per heavy atom. The highest BCUT2D eigenvalue weighted by atomic mass is 16.4. The van der Waals surface area contributed by atoms with Gasteiger partial charge in [-0.3, -0.25) is 29.0 Å².